The molecule has 0 amide bonds. The molecule has 2 bridgehead atoms. The average Bonchev–Trinajstić information content (AvgIpc) is 3.03. The molecule has 3 unspecified atom stereocenters. The van der Waals surface area contributed by atoms with E-state index in [1.54, 1.807) is 0 Å². The number of nitrogens with one attached hydrogen (secondary N) is 1. The van der Waals surface area contributed by atoms with Gasteiger partial charge in [0.1, 0.15) is 0 Å². The van der Waals surface area contributed by atoms with E-state index in [1.165, 1.54) is 25.7 Å². The van der Waals surface area contributed by atoms with E-state index in [9.17, 15) is 0 Å². The molecule has 0 saturated heterocycles. The van der Waals surface area contributed by atoms with Crippen molar-refractivity contribution >= 4 is 11.6 Å². The highest BCUT2D eigenvalue weighted by Gasteiger charge is 2.39. The third-order valence-corrected chi connectivity index (χ3v) is 4.60. The van der Waals surface area contributed by atoms with Crippen LogP contribution in [0.3, 0.4) is 0 Å². The highest BCUT2D eigenvalue weighted by molar-refractivity contribution is 5.45. The van der Waals surface area contributed by atoms with Crippen LogP contribution in [0.2, 0.25) is 0 Å². The molecule has 94 valence electrons. The van der Waals surface area contributed by atoms with Gasteiger partial charge in [0, 0.05) is 11.7 Å². The van der Waals surface area contributed by atoms with E-state index in [2.05, 4.69) is 28.4 Å². The van der Waals surface area contributed by atoms with Crippen LogP contribution in [0.25, 0.3) is 5.65 Å². The number of anilines is 1. The number of nitrogens with zero attached hydrogens (tertiary/aromatic N) is 3. The standard InChI is InChI=1S/C14H18N4/c1-9-3-2-4-13-16-14(17-18(9)13)15-12-8-10-5-6-11(12)7-10/h2-4,10-12H,5-8H2,1H3,(H,15,17). The summed E-state index contributed by atoms with van der Waals surface area (Å²) in [4.78, 5) is 4.56. The normalized spacial score (nSPS) is 30.2. The molecule has 4 heteroatoms. The summed E-state index contributed by atoms with van der Waals surface area (Å²) < 4.78 is 1.91. The molecule has 2 aromatic rings. The van der Waals surface area contributed by atoms with E-state index in [-0.39, 0.29) is 0 Å². The van der Waals surface area contributed by atoms with Gasteiger partial charge in [0.25, 0.3) is 0 Å². The molecule has 2 aliphatic carbocycles. The second-order valence-corrected chi connectivity index (χ2v) is 5.80. The lowest BCUT2D eigenvalue weighted by atomic mass is 9.95. The third kappa shape index (κ3) is 1.51. The van der Waals surface area contributed by atoms with Crippen molar-refractivity contribution in [3.63, 3.8) is 0 Å². The molecule has 2 aromatic heterocycles. The molecular weight excluding hydrogens is 224 g/mol. The minimum absolute atomic E-state index is 0.599. The lowest BCUT2D eigenvalue weighted by Crippen LogP contribution is -2.26. The van der Waals surface area contributed by atoms with Crippen LogP contribution in [-0.2, 0) is 0 Å². The van der Waals surface area contributed by atoms with Gasteiger partial charge in [0.2, 0.25) is 5.95 Å². The quantitative estimate of drug-likeness (QED) is 0.880. The lowest BCUT2D eigenvalue weighted by molar-refractivity contribution is 0.438. The van der Waals surface area contributed by atoms with E-state index >= 15 is 0 Å². The molecule has 2 saturated carbocycles. The first-order valence-corrected chi connectivity index (χ1v) is 6.88. The van der Waals surface area contributed by atoms with Crippen LogP contribution in [0, 0.1) is 18.8 Å². The van der Waals surface area contributed by atoms with Crippen molar-refractivity contribution < 1.29 is 0 Å². The first-order valence-electron chi connectivity index (χ1n) is 6.88. The summed E-state index contributed by atoms with van der Waals surface area (Å²) in [5, 5.41) is 8.10. The van der Waals surface area contributed by atoms with Gasteiger partial charge in [0.15, 0.2) is 5.65 Å². The van der Waals surface area contributed by atoms with Gasteiger partial charge in [-0.25, -0.2) is 4.52 Å². The van der Waals surface area contributed by atoms with Gasteiger partial charge in [-0.15, -0.1) is 5.10 Å². The maximum atomic E-state index is 4.56. The topological polar surface area (TPSA) is 42.2 Å². The second-order valence-electron chi connectivity index (χ2n) is 5.80. The fraction of sp³-hybridized carbons (Fsp3) is 0.571. The van der Waals surface area contributed by atoms with Gasteiger partial charge in [-0.1, -0.05) is 12.5 Å². The van der Waals surface area contributed by atoms with E-state index in [0.717, 1.165) is 29.1 Å². The zero-order valence-electron chi connectivity index (χ0n) is 10.6. The van der Waals surface area contributed by atoms with Crippen LogP contribution >= 0.6 is 0 Å². The molecule has 0 aromatic carbocycles. The lowest BCUT2D eigenvalue weighted by Gasteiger charge is -2.21. The van der Waals surface area contributed by atoms with Gasteiger partial charge in [-0.3, -0.25) is 0 Å². The number of fused-ring (bicyclic) bond motifs is 3. The van der Waals surface area contributed by atoms with Gasteiger partial charge in [-0.05, 0) is 50.2 Å². The summed E-state index contributed by atoms with van der Waals surface area (Å²) in [7, 11) is 0. The van der Waals surface area contributed by atoms with Crippen molar-refractivity contribution in [2.75, 3.05) is 5.32 Å². The smallest absolute Gasteiger partial charge is 0.243 e. The number of hydrogen-bond donors (Lipinski definition) is 1. The molecule has 4 nitrogen and oxygen atoms in total. The van der Waals surface area contributed by atoms with Crippen LogP contribution in [0.15, 0.2) is 18.2 Å². The summed E-state index contributed by atoms with van der Waals surface area (Å²) in [5.41, 5.74) is 2.06. The largest absolute Gasteiger partial charge is 0.350 e. The fourth-order valence-corrected chi connectivity index (χ4v) is 3.68. The molecule has 0 aliphatic heterocycles. The van der Waals surface area contributed by atoms with Crippen molar-refractivity contribution in [2.24, 2.45) is 11.8 Å². The number of rotatable bonds is 2. The molecule has 2 aliphatic rings. The molecule has 1 N–H and O–H groups in total. The third-order valence-electron chi connectivity index (χ3n) is 4.60. The summed E-state index contributed by atoms with van der Waals surface area (Å²) in [6.45, 7) is 2.06. The Morgan fingerprint density at radius 2 is 2.22 bits per heavy atom. The van der Waals surface area contributed by atoms with E-state index in [0.29, 0.717) is 6.04 Å². The molecule has 18 heavy (non-hydrogen) atoms. The van der Waals surface area contributed by atoms with Crippen LogP contribution in [0.4, 0.5) is 5.95 Å². The Morgan fingerprint density at radius 1 is 1.28 bits per heavy atom. The molecular formula is C14H18N4. The Morgan fingerprint density at radius 3 is 2.94 bits per heavy atom. The van der Waals surface area contributed by atoms with Gasteiger partial charge in [-0.2, -0.15) is 4.98 Å². The molecule has 0 radical (unpaired) electrons. The molecule has 0 spiro atoms. The monoisotopic (exact) mass is 242 g/mol. The van der Waals surface area contributed by atoms with Crippen LogP contribution < -0.4 is 5.32 Å². The number of aromatic nitrogens is 3. The maximum absolute atomic E-state index is 4.56. The van der Waals surface area contributed by atoms with Crippen LogP contribution in [0.5, 0.6) is 0 Å². The second kappa shape index (κ2) is 3.70. The van der Waals surface area contributed by atoms with Gasteiger partial charge >= 0.3 is 0 Å². The summed E-state index contributed by atoms with van der Waals surface area (Å²) in [6, 6.07) is 6.69. The molecule has 2 heterocycles. The van der Waals surface area contributed by atoms with E-state index < -0.39 is 0 Å². The first-order chi connectivity index (χ1) is 8.79. The molecule has 3 atom stereocenters. The van der Waals surface area contributed by atoms with Gasteiger partial charge < -0.3 is 5.32 Å². The van der Waals surface area contributed by atoms with Crippen molar-refractivity contribution in [1.82, 2.24) is 14.6 Å². The van der Waals surface area contributed by atoms with Crippen LogP contribution in [0.1, 0.15) is 31.4 Å². The first kappa shape index (κ1) is 10.4. The molecule has 4 rings (SSSR count). The Balaban J connectivity index is 1.61. The van der Waals surface area contributed by atoms with Crippen molar-refractivity contribution in [3.8, 4) is 0 Å². The Labute approximate surface area is 106 Å². The average molecular weight is 242 g/mol. The van der Waals surface area contributed by atoms with Crippen LogP contribution in [-0.4, -0.2) is 20.6 Å². The van der Waals surface area contributed by atoms with Crippen molar-refractivity contribution in [3.05, 3.63) is 23.9 Å². The summed E-state index contributed by atoms with van der Waals surface area (Å²) in [6.07, 6.45) is 5.53. The van der Waals surface area contributed by atoms with Gasteiger partial charge in [0.05, 0.1) is 0 Å². The number of aryl methyl sites for hydroxylation is 1. The minimum atomic E-state index is 0.599. The predicted molar refractivity (Wildman–Crippen MR) is 70.6 cm³/mol. The van der Waals surface area contributed by atoms with E-state index in [1.807, 2.05) is 16.6 Å². The summed E-state index contributed by atoms with van der Waals surface area (Å²) in [5.74, 6) is 2.59. The SMILES string of the molecule is Cc1cccc2nc(NC3CC4CCC3C4)nn12. The Bertz CT molecular complexity index is 588. The number of pyridine rings is 1. The minimum Gasteiger partial charge on any atom is -0.350 e. The molecule has 2 fully saturated rings. The predicted octanol–water partition coefficient (Wildman–Crippen LogP) is 2.64. The summed E-state index contributed by atoms with van der Waals surface area (Å²) >= 11 is 0. The maximum Gasteiger partial charge on any atom is 0.243 e. The van der Waals surface area contributed by atoms with E-state index in [4.69, 9.17) is 0 Å². The highest BCUT2D eigenvalue weighted by atomic mass is 15.4. The zero-order chi connectivity index (χ0) is 12.1. The fourth-order valence-electron chi connectivity index (χ4n) is 3.68. The Kier molecular flexibility index (Phi) is 2.13. The highest BCUT2D eigenvalue weighted by Crippen LogP contribution is 2.45. The zero-order valence-corrected chi connectivity index (χ0v) is 10.6. The Hall–Kier alpha value is -1.58. The van der Waals surface area contributed by atoms with Crippen molar-refractivity contribution in [2.45, 2.75) is 38.6 Å². The number of hydrogen-bond acceptors (Lipinski definition) is 3. The van der Waals surface area contributed by atoms with Crippen molar-refractivity contribution in [1.29, 1.82) is 0 Å².